The van der Waals surface area contributed by atoms with Gasteiger partial charge in [0, 0.05) is 9.79 Å². The van der Waals surface area contributed by atoms with Crippen LogP contribution in [0, 0.1) is 0 Å². The van der Waals surface area contributed by atoms with Crippen molar-refractivity contribution in [3.63, 3.8) is 0 Å². The summed E-state index contributed by atoms with van der Waals surface area (Å²) in [5.41, 5.74) is 5.87. The highest BCUT2D eigenvalue weighted by Gasteiger charge is 2.20. The van der Waals surface area contributed by atoms with E-state index in [9.17, 15) is 0 Å². The third-order valence-electron chi connectivity index (χ3n) is 6.82. The molecule has 1 aliphatic heterocycles. The number of fused-ring (bicyclic) bond motifs is 2. The summed E-state index contributed by atoms with van der Waals surface area (Å²) in [6.07, 6.45) is 21.8. The van der Waals surface area contributed by atoms with E-state index in [1.807, 2.05) is 11.8 Å². The van der Waals surface area contributed by atoms with E-state index in [-0.39, 0.29) is 0 Å². The number of hydrogen-bond donors (Lipinski definition) is 1. The molecule has 0 atom stereocenters. The maximum Gasteiger partial charge on any atom is 0.0561 e. The third-order valence-corrected chi connectivity index (χ3v) is 7.95. The van der Waals surface area contributed by atoms with Crippen LogP contribution in [0.3, 0.4) is 0 Å². The van der Waals surface area contributed by atoms with Gasteiger partial charge in [-0.2, -0.15) is 0 Å². The maximum atomic E-state index is 3.82. The van der Waals surface area contributed by atoms with Crippen molar-refractivity contribution in [3.05, 3.63) is 47.5 Å². The van der Waals surface area contributed by atoms with Gasteiger partial charge in [0.25, 0.3) is 0 Å². The zero-order valence-electron chi connectivity index (χ0n) is 20.7. The second-order valence-corrected chi connectivity index (χ2v) is 10.6. The lowest BCUT2D eigenvalue weighted by molar-refractivity contribution is 0.583. The summed E-state index contributed by atoms with van der Waals surface area (Å²) < 4.78 is 0. The molecule has 0 bridgehead atoms. The molecule has 0 aliphatic carbocycles. The molecule has 3 rings (SSSR count). The van der Waals surface area contributed by atoms with E-state index < -0.39 is 0 Å². The van der Waals surface area contributed by atoms with E-state index >= 15 is 0 Å². The van der Waals surface area contributed by atoms with Crippen molar-refractivity contribution in [3.8, 4) is 0 Å². The van der Waals surface area contributed by atoms with Gasteiger partial charge in [-0.05, 0) is 55.0 Å². The number of unbranched alkanes of at least 4 members (excludes halogenated alkanes) is 12. The number of para-hydroxylation sites is 1. The Kier molecular flexibility index (Phi) is 11.6. The van der Waals surface area contributed by atoms with Crippen molar-refractivity contribution in [2.24, 2.45) is 0 Å². The van der Waals surface area contributed by atoms with Gasteiger partial charge in [0.15, 0.2) is 0 Å². The Labute approximate surface area is 202 Å². The van der Waals surface area contributed by atoms with Gasteiger partial charge in [-0.3, -0.25) is 0 Å². The third kappa shape index (κ3) is 7.87. The smallest absolute Gasteiger partial charge is 0.0561 e. The number of aryl methyl sites for hydroxylation is 1. The minimum absolute atomic E-state index is 1.22. The van der Waals surface area contributed by atoms with Gasteiger partial charge in [-0.25, -0.2) is 0 Å². The lowest BCUT2D eigenvalue weighted by Gasteiger charge is -2.25. The molecule has 1 N–H and O–H groups in total. The summed E-state index contributed by atoms with van der Waals surface area (Å²) in [4.78, 5) is 2.76. The Morgan fingerprint density at radius 1 is 0.594 bits per heavy atom. The summed E-state index contributed by atoms with van der Waals surface area (Å²) in [7, 11) is 0. The van der Waals surface area contributed by atoms with Crippen molar-refractivity contribution < 1.29 is 0 Å². The fourth-order valence-electron chi connectivity index (χ4n) is 4.85. The van der Waals surface area contributed by atoms with Crippen molar-refractivity contribution in [2.45, 2.75) is 126 Å². The molecule has 1 aliphatic rings. The second-order valence-electron chi connectivity index (χ2n) is 9.54. The summed E-state index contributed by atoms with van der Waals surface area (Å²) in [6, 6.07) is 13.6. The molecule has 176 valence electrons. The van der Waals surface area contributed by atoms with Crippen molar-refractivity contribution >= 4 is 23.1 Å². The maximum absolute atomic E-state index is 3.82. The van der Waals surface area contributed by atoms with Gasteiger partial charge in [-0.1, -0.05) is 121 Å². The molecule has 1 heterocycles. The van der Waals surface area contributed by atoms with Gasteiger partial charge in [0.1, 0.15) is 0 Å². The van der Waals surface area contributed by atoms with Crippen LogP contribution in [-0.2, 0) is 12.8 Å². The molecular formula is C30H45NS. The predicted molar refractivity (Wildman–Crippen MR) is 144 cm³/mol. The van der Waals surface area contributed by atoms with Crippen LogP contribution in [-0.4, -0.2) is 0 Å². The molecule has 32 heavy (non-hydrogen) atoms. The molecule has 2 aromatic carbocycles. The number of nitrogens with one attached hydrogen (secondary N) is 1. The van der Waals surface area contributed by atoms with E-state index in [1.165, 1.54) is 124 Å². The van der Waals surface area contributed by atoms with Crippen LogP contribution in [0.15, 0.2) is 46.2 Å². The lowest BCUT2D eigenvalue weighted by atomic mass is 9.94. The van der Waals surface area contributed by atoms with E-state index in [0.29, 0.717) is 0 Å². The quantitative estimate of drug-likeness (QED) is 0.217. The Hall–Kier alpha value is -1.41. The molecule has 0 fully saturated rings. The monoisotopic (exact) mass is 451 g/mol. The molecular weight excluding hydrogens is 406 g/mol. The Bertz CT molecular complexity index is 797. The molecule has 2 heteroatoms. The molecule has 0 unspecified atom stereocenters. The predicted octanol–water partition coefficient (Wildman–Crippen LogP) is 10.5. The van der Waals surface area contributed by atoms with E-state index in [1.54, 1.807) is 11.1 Å². The standard InChI is InChI=1S/C30H45NS/c1-3-5-7-9-11-13-15-19-25-23-24-29-30(31-27-21-17-18-22-28(27)32-29)26(25)20-16-14-12-10-8-6-4-2/h17-18,21-24,31H,3-16,19-20H2,1-2H3. The van der Waals surface area contributed by atoms with Gasteiger partial charge in [0.05, 0.1) is 11.4 Å². The van der Waals surface area contributed by atoms with Crippen LogP contribution >= 0.6 is 11.8 Å². The van der Waals surface area contributed by atoms with Crippen LogP contribution < -0.4 is 5.32 Å². The Morgan fingerprint density at radius 2 is 1.19 bits per heavy atom. The first-order valence-electron chi connectivity index (χ1n) is 13.5. The zero-order chi connectivity index (χ0) is 22.4. The average Bonchev–Trinajstić information content (AvgIpc) is 2.82. The highest BCUT2D eigenvalue weighted by Crippen LogP contribution is 2.46. The minimum Gasteiger partial charge on any atom is -0.353 e. The van der Waals surface area contributed by atoms with Crippen LogP contribution in [0.1, 0.15) is 115 Å². The van der Waals surface area contributed by atoms with Crippen LogP contribution in [0.4, 0.5) is 11.4 Å². The summed E-state index contributed by atoms with van der Waals surface area (Å²) in [5, 5.41) is 3.82. The fourth-order valence-corrected chi connectivity index (χ4v) is 5.88. The molecule has 1 nitrogen and oxygen atoms in total. The number of rotatable bonds is 16. The molecule has 0 saturated carbocycles. The van der Waals surface area contributed by atoms with Gasteiger partial charge in [0.2, 0.25) is 0 Å². The normalized spacial score (nSPS) is 12.3. The molecule has 0 saturated heterocycles. The van der Waals surface area contributed by atoms with Crippen LogP contribution in [0.25, 0.3) is 0 Å². The van der Waals surface area contributed by atoms with Crippen LogP contribution in [0.5, 0.6) is 0 Å². The van der Waals surface area contributed by atoms with E-state index in [2.05, 4.69) is 55.6 Å². The topological polar surface area (TPSA) is 12.0 Å². The first-order valence-corrected chi connectivity index (χ1v) is 14.3. The number of anilines is 2. The second kappa shape index (κ2) is 14.7. The Morgan fingerprint density at radius 3 is 1.88 bits per heavy atom. The lowest BCUT2D eigenvalue weighted by Crippen LogP contribution is -2.07. The Balaban J connectivity index is 1.61. The van der Waals surface area contributed by atoms with Crippen molar-refractivity contribution in [1.29, 1.82) is 0 Å². The minimum atomic E-state index is 1.22. The largest absolute Gasteiger partial charge is 0.353 e. The van der Waals surface area contributed by atoms with Crippen LogP contribution in [0.2, 0.25) is 0 Å². The molecule has 0 spiro atoms. The SMILES string of the molecule is CCCCCCCCCc1ccc2c(c1CCCCCCCCC)Nc1ccccc1S2. The average molecular weight is 452 g/mol. The summed E-state index contributed by atoms with van der Waals surface area (Å²) in [5.74, 6) is 0. The summed E-state index contributed by atoms with van der Waals surface area (Å²) in [6.45, 7) is 4.60. The molecule has 0 radical (unpaired) electrons. The fraction of sp³-hybridized carbons (Fsp3) is 0.600. The summed E-state index contributed by atoms with van der Waals surface area (Å²) >= 11 is 1.94. The zero-order valence-corrected chi connectivity index (χ0v) is 21.5. The highest BCUT2D eigenvalue weighted by atomic mass is 32.2. The first kappa shape index (κ1) is 25.2. The molecule has 0 amide bonds. The van der Waals surface area contributed by atoms with Gasteiger partial charge in [-0.15, -0.1) is 0 Å². The molecule has 2 aromatic rings. The molecule has 0 aromatic heterocycles. The van der Waals surface area contributed by atoms with Gasteiger partial charge >= 0.3 is 0 Å². The van der Waals surface area contributed by atoms with Gasteiger partial charge < -0.3 is 5.32 Å². The van der Waals surface area contributed by atoms with Crippen molar-refractivity contribution in [2.75, 3.05) is 5.32 Å². The van der Waals surface area contributed by atoms with E-state index in [4.69, 9.17) is 0 Å². The van der Waals surface area contributed by atoms with Crippen molar-refractivity contribution in [1.82, 2.24) is 0 Å². The number of benzene rings is 2. The number of hydrogen-bond acceptors (Lipinski definition) is 2. The highest BCUT2D eigenvalue weighted by molar-refractivity contribution is 7.99. The van der Waals surface area contributed by atoms with E-state index in [0.717, 1.165) is 0 Å². The first-order chi connectivity index (χ1) is 15.8.